The molecule has 9 heteroatoms. The maximum atomic E-state index is 14.8. The van der Waals surface area contributed by atoms with E-state index in [2.05, 4.69) is 25.9 Å². The Morgan fingerprint density at radius 1 is 1.19 bits per heavy atom. The van der Waals surface area contributed by atoms with Crippen LogP contribution in [0.4, 0.5) is 26.5 Å². The number of rotatable bonds is 5. The molecule has 170 valence electrons. The standard InChI is InChI=1S/C23H29FN6O2/c1-14-9-16(13-26-12-14)27-20-15(11-25)10-17(24)21(30-20)28-18-7-5-6-8-19(18)29-22(31)32-23(2,3)4/h9-10,12-13,18-19H,5-8H2,1-4H3,(H,29,31)(H2,27,28,30)/t18-,19+/m1/s1. The number of alkyl carbamates (subject to hydrolysis) is 1. The smallest absolute Gasteiger partial charge is 0.407 e. The first-order chi connectivity index (χ1) is 15.1. The summed E-state index contributed by atoms with van der Waals surface area (Å²) in [7, 11) is 0. The van der Waals surface area contributed by atoms with Crippen molar-refractivity contribution in [3.63, 3.8) is 0 Å². The molecular formula is C23H29FN6O2. The average molecular weight is 441 g/mol. The zero-order chi connectivity index (χ0) is 23.3. The highest BCUT2D eigenvalue weighted by atomic mass is 19.1. The minimum absolute atomic E-state index is 0.0231. The maximum Gasteiger partial charge on any atom is 0.407 e. The van der Waals surface area contributed by atoms with Crippen molar-refractivity contribution < 1.29 is 13.9 Å². The molecular weight excluding hydrogens is 411 g/mol. The van der Waals surface area contributed by atoms with Gasteiger partial charge in [-0.25, -0.2) is 14.2 Å². The number of halogens is 1. The molecule has 0 spiro atoms. The van der Waals surface area contributed by atoms with Crippen molar-refractivity contribution in [1.82, 2.24) is 15.3 Å². The van der Waals surface area contributed by atoms with Crippen LogP contribution >= 0.6 is 0 Å². The van der Waals surface area contributed by atoms with Gasteiger partial charge in [0.1, 0.15) is 11.7 Å². The predicted octanol–water partition coefficient (Wildman–Crippen LogP) is 4.79. The number of nitrogens with one attached hydrogen (secondary N) is 3. The number of ether oxygens (including phenoxy) is 1. The molecule has 2 atom stereocenters. The van der Waals surface area contributed by atoms with Crippen molar-refractivity contribution in [3.8, 4) is 6.07 Å². The van der Waals surface area contributed by atoms with Crippen LogP contribution in [0.2, 0.25) is 0 Å². The predicted molar refractivity (Wildman–Crippen MR) is 120 cm³/mol. The van der Waals surface area contributed by atoms with Crippen LogP contribution in [0.3, 0.4) is 0 Å². The van der Waals surface area contributed by atoms with Gasteiger partial charge in [-0.15, -0.1) is 0 Å². The van der Waals surface area contributed by atoms with Crippen LogP contribution in [0.5, 0.6) is 0 Å². The van der Waals surface area contributed by atoms with E-state index in [4.69, 9.17) is 4.74 Å². The molecule has 0 radical (unpaired) electrons. The molecule has 1 saturated carbocycles. The molecule has 2 heterocycles. The van der Waals surface area contributed by atoms with Crippen molar-refractivity contribution >= 4 is 23.4 Å². The molecule has 2 aromatic rings. The minimum Gasteiger partial charge on any atom is -0.444 e. The van der Waals surface area contributed by atoms with Gasteiger partial charge in [-0.05, 0) is 58.2 Å². The number of pyridine rings is 2. The van der Waals surface area contributed by atoms with Gasteiger partial charge in [-0.1, -0.05) is 12.8 Å². The molecule has 1 amide bonds. The summed E-state index contributed by atoms with van der Waals surface area (Å²) in [5.74, 6) is -0.373. The number of carbonyl (C=O) groups excluding carboxylic acids is 1. The number of hydrogen-bond acceptors (Lipinski definition) is 7. The fraction of sp³-hybridized carbons (Fsp3) is 0.478. The second-order valence-electron chi connectivity index (χ2n) is 8.99. The lowest BCUT2D eigenvalue weighted by Crippen LogP contribution is -2.50. The third kappa shape index (κ3) is 6.30. The monoisotopic (exact) mass is 440 g/mol. The Hall–Kier alpha value is -3.41. The highest BCUT2D eigenvalue weighted by Crippen LogP contribution is 2.27. The minimum atomic E-state index is -0.629. The van der Waals surface area contributed by atoms with Crippen molar-refractivity contribution in [2.45, 2.75) is 71.1 Å². The highest BCUT2D eigenvalue weighted by Gasteiger charge is 2.29. The van der Waals surface area contributed by atoms with Gasteiger partial charge in [0.15, 0.2) is 17.5 Å². The Balaban J connectivity index is 1.80. The number of amides is 1. The van der Waals surface area contributed by atoms with Gasteiger partial charge in [0.2, 0.25) is 0 Å². The summed E-state index contributed by atoms with van der Waals surface area (Å²) in [6.45, 7) is 7.31. The summed E-state index contributed by atoms with van der Waals surface area (Å²) in [4.78, 5) is 20.7. The third-order valence-electron chi connectivity index (χ3n) is 5.02. The van der Waals surface area contributed by atoms with Crippen LogP contribution in [0, 0.1) is 24.1 Å². The zero-order valence-electron chi connectivity index (χ0n) is 18.8. The van der Waals surface area contributed by atoms with E-state index in [0.29, 0.717) is 5.69 Å². The lowest BCUT2D eigenvalue weighted by Gasteiger charge is -2.33. The average Bonchev–Trinajstić information content (AvgIpc) is 2.70. The molecule has 1 fully saturated rings. The molecule has 0 aromatic carbocycles. The quantitative estimate of drug-likeness (QED) is 0.613. The Labute approximate surface area is 187 Å². The van der Waals surface area contributed by atoms with Gasteiger partial charge in [0.05, 0.1) is 23.5 Å². The molecule has 1 aliphatic rings. The number of nitriles is 1. The van der Waals surface area contributed by atoms with E-state index in [1.54, 1.807) is 33.2 Å². The molecule has 2 aromatic heterocycles. The van der Waals surface area contributed by atoms with Gasteiger partial charge >= 0.3 is 6.09 Å². The second-order valence-corrected chi connectivity index (χ2v) is 8.99. The summed E-state index contributed by atoms with van der Waals surface area (Å²) in [6.07, 6.45) is 6.20. The van der Waals surface area contributed by atoms with Gasteiger partial charge in [-0.3, -0.25) is 4.98 Å². The summed E-state index contributed by atoms with van der Waals surface area (Å²) in [5, 5.41) is 18.5. The van der Waals surface area contributed by atoms with E-state index >= 15 is 0 Å². The first-order valence-corrected chi connectivity index (χ1v) is 10.7. The normalized spacial score (nSPS) is 18.4. The van der Waals surface area contributed by atoms with E-state index in [1.807, 2.05) is 19.1 Å². The van der Waals surface area contributed by atoms with E-state index in [-0.39, 0.29) is 29.3 Å². The van der Waals surface area contributed by atoms with Crippen LogP contribution in [-0.2, 0) is 4.74 Å². The number of anilines is 3. The molecule has 0 saturated heterocycles. The van der Waals surface area contributed by atoms with Gasteiger partial charge in [-0.2, -0.15) is 5.26 Å². The van der Waals surface area contributed by atoms with E-state index in [9.17, 15) is 14.4 Å². The van der Waals surface area contributed by atoms with Crippen LogP contribution in [0.25, 0.3) is 0 Å². The molecule has 0 aliphatic heterocycles. The van der Waals surface area contributed by atoms with Gasteiger partial charge in [0.25, 0.3) is 0 Å². The summed E-state index contributed by atoms with van der Waals surface area (Å²) >= 11 is 0. The summed E-state index contributed by atoms with van der Waals surface area (Å²) < 4.78 is 20.1. The fourth-order valence-electron chi connectivity index (χ4n) is 3.64. The molecule has 32 heavy (non-hydrogen) atoms. The largest absolute Gasteiger partial charge is 0.444 e. The van der Waals surface area contributed by atoms with Crippen molar-refractivity contribution in [1.29, 1.82) is 5.26 Å². The number of carbonyl (C=O) groups is 1. The molecule has 0 bridgehead atoms. The summed E-state index contributed by atoms with van der Waals surface area (Å²) in [5.41, 5.74) is 1.07. The fourth-order valence-corrected chi connectivity index (χ4v) is 3.64. The molecule has 1 aliphatic carbocycles. The van der Waals surface area contributed by atoms with Crippen molar-refractivity contribution in [3.05, 3.63) is 41.5 Å². The number of hydrogen-bond donors (Lipinski definition) is 3. The molecule has 3 rings (SSSR count). The maximum absolute atomic E-state index is 14.8. The third-order valence-corrected chi connectivity index (χ3v) is 5.02. The van der Waals surface area contributed by atoms with Crippen LogP contribution in [0.1, 0.15) is 57.6 Å². The van der Waals surface area contributed by atoms with E-state index in [0.717, 1.165) is 37.3 Å². The molecule has 3 N–H and O–H groups in total. The van der Waals surface area contributed by atoms with Gasteiger partial charge < -0.3 is 20.7 Å². The number of nitrogens with zero attached hydrogens (tertiary/aromatic N) is 3. The van der Waals surface area contributed by atoms with Crippen LogP contribution < -0.4 is 16.0 Å². The lowest BCUT2D eigenvalue weighted by molar-refractivity contribution is 0.0488. The number of aryl methyl sites for hydroxylation is 1. The first-order valence-electron chi connectivity index (χ1n) is 10.7. The lowest BCUT2D eigenvalue weighted by atomic mass is 9.90. The Bertz CT molecular complexity index is 1010. The zero-order valence-corrected chi connectivity index (χ0v) is 18.8. The second kappa shape index (κ2) is 9.81. The van der Waals surface area contributed by atoms with Crippen molar-refractivity contribution in [2.24, 2.45) is 0 Å². The topological polar surface area (TPSA) is 112 Å². The van der Waals surface area contributed by atoms with E-state index in [1.165, 1.54) is 0 Å². The molecule has 8 nitrogen and oxygen atoms in total. The van der Waals surface area contributed by atoms with E-state index < -0.39 is 17.5 Å². The SMILES string of the molecule is Cc1cncc(Nc2nc(N[C@@H]3CCCC[C@@H]3NC(=O)OC(C)(C)C)c(F)cc2C#N)c1. The Kier molecular flexibility index (Phi) is 7.13. The Morgan fingerprint density at radius 2 is 1.91 bits per heavy atom. The Morgan fingerprint density at radius 3 is 2.56 bits per heavy atom. The van der Waals surface area contributed by atoms with Gasteiger partial charge in [0, 0.05) is 12.2 Å². The summed E-state index contributed by atoms with van der Waals surface area (Å²) in [6, 6.07) is 4.53. The van der Waals surface area contributed by atoms with Crippen molar-refractivity contribution in [2.75, 3.05) is 10.6 Å². The molecule has 0 unspecified atom stereocenters. The van der Waals surface area contributed by atoms with Crippen LogP contribution in [0.15, 0.2) is 24.5 Å². The number of aromatic nitrogens is 2. The van der Waals surface area contributed by atoms with Crippen LogP contribution in [-0.4, -0.2) is 33.7 Å². The first kappa shape index (κ1) is 23.3. The highest BCUT2D eigenvalue weighted by molar-refractivity contribution is 5.68.